The van der Waals surface area contributed by atoms with Gasteiger partial charge >= 0.3 is 5.97 Å². The summed E-state index contributed by atoms with van der Waals surface area (Å²) in [4.78, 5) is 24.2. The molecular formula is C14H21NO3. The molecule has 1 saturated heterocycles. The van der Waals surface area contributed by atoms with Crippen molar-refractivity contribution in [3.63, 3.8) is 0 Å². The van der Waals surface area contributed by atoms with Gasteiger partial charge in [0.25, 0.3) is 0 Å². The van der Waals surface area contributed by atoms with Gasteiger partial charge in [-0.3, -0.25) is 9.59 Å². The molecule has 1 aliphatic heterocycles. The first-order valence-electron chi connectivity index (χ1n) is 6.73. The van der Waals surface area contributed by atoms with Gasteiger partial charge in [0.15, 0.2) is 0 Å². The van der Waals surface area contributed by atoms with Crippen LogP contribution >= 0.6 is 0 Å². The van der Waals surface area contributed by atoms with Crippen LogP contribution in [0.2, 0.25) is 0 Å². The molecule has 0 aromatic heterocycles. The van der Waals surface area contributed by atoms with Crippen molar-refractivity contribution in [3.05, 3.63) is 12.7 Å². The lowest BCUT2D eigenvalue weighted by molar-refractivity contribution is -0.138. The summed E-state index contributed by atoms with van der Waals surface area (Å²) in [6.07, 6.45) is 5.77. The molecule has 1 amide bonds. The summed E-state index contributed by atoms with van der Waals surface area (Å²) in [5, 5.41) is 8.84. The molecule has 18 heavy (non-hydrogen) atoms. The normalized spacial score (nSPS) is 31.6. The fourth-order valence-electron chi connectivity index (χ4n) is 3.48. The Hall–Kier alpha value is -1.32. The third kappa shape index (κ3) is 2.92. The van der Waals surface area contributed by atoms with Crippen LogP contribution in [0.1, 0.15) is 32.1 Å². The largest absolute Gasteiger partial charge is 0.481 e. The Bertz CT molecular complexity index is 353. The first kappa shape index (κ1) is 13.1. The van der Waals surface area contributed by atoms with E-state index in [0.29, 0.717) is 24.2 Å². The minimum absolute atomic E-state index is 0.0288. The Morgan fingerprint density at radius 3 is 2.72 bits per heavy atom. The maximum Gasteiger partial charge on any atom is 0.303 e. The van der Waals surface area contributed by atoms with Gasteiger partial charge in [0.2, 0.25) is 5.91 Å². The molecule has 4 heteroatoms. The zero-order valence-electron chi connectivity index (χ0n) is 10.7. The minimum Gasteiger partial charge on any atom is -0.481 e. The van der Waals surface area contributed by atoms with Crippen LogP contribution in [-0.4, -0.2) is 35.0 Å². The van der Waals surface area contributed by atoms with Gasteiger partial charge in [-0.2, -0.15) is 0 Å². The first-order valence-corrected chi connectivity index (χ1v) is 6.73. The fraction of sp³-hybridized carbons (Fsp3) is 0.714. The third-order valence-electron chi connectivity index (χ3n) is 4.42. The number of fused-ring (bicyclic) bond motifs is 1. The molecule has 0 bridgehead atoms. The van der Waals surface area contributed by atoms with E-state index in [1.165, 1.54) is 6.08 Å². The second-order valence-corrected chi connectivity index (χ2v) is 5.57. The van der Waals surface area contributed by atoms with Crippen LogP contribution in [0.25, 0.3) is 0 Å². The molecule has 2 fully saturated rings. The van der Waals surface area contributed by atoms with Gasteiger partial charge in [0.05, 0.1) is 0 Å². The highest BCUT2D eigenvalue weighted by molar-refractivity contribution is 5.87. The number of nitrogens with zero attached hydrogens (tertiary/aromatic N) is 1. The molecule has 1 heterocycles. The molecule has 100 valence electrons. The molecule has 2 rings (SSSR count). The van der Waals surface area contributed by atoms with E-state index in [2.05, 4.69) is 6.58 Å². The van der Waals surface area contributed by atoms with Crippen LogP contribution in [0.15, 0.2) is 12.7 Å². The van der Waals surface area contributed by atoms with Crippen molar-refractivity contribution >= 4 is 11.9 Å². The SMILES string of the molecule is C=CC(=O)N1CCC2CC(CC(=O)O)CCC2C1. The van der Waals surface area contributed by atoms with E-state index in [1.807, 2.05) is 4.90 Å². The number of likely N-dealkylation sites (tertiary alicyclic amines) is 1. The average Bonchev–Trinajstić information content (AvgIpc) is 2.36. The first-order chi connectivity index (χ1) is 8.60. The molecule has 0 aromatic rings. The number of hydrogen-bond donors (Lipinski definition) is 1. The van der Waals surface area contributed by atoms with Gasteiger partial charge in [0.1, 0.15) is 0 Å². The van der Waals surface area contributed by atoms with Crippen LogP contribution in [0.3, 0.4) is 0 Å². The number of piperidine rings is 1. The molecule has 0 spiro atoms. The standard InChI is InChI=1S/C14H21NO3/c1-2-13(16)15-6-5-11-7-10(8-14(17)18)3-4-12(11)9-15/h2,10-12H,1,3-9H2,(H,17,18). The van der Waals surface area contributed by atoms with Crippen LogP contribution in [0, 0.1) is 17.8 Å². The Balaban J connectivity index is 1.89. The van der Waals surface area contributed by atoms with Crippen LogP contribution in [-0.2, 0) is 9.59 Å². The zero-order chi connectivity index (χ0) is 13.1. The topological polar surface area (TPSA) is 57.6 Å². The second kappa shape index (κ2) is 5.55. The minimum atomic E-state index is -0.683. The number of rotatable bonds is 3. The van der Waals surface area contributed by atoms with Crippen molar-refractivity contribution in [2.75, 3.05) is 13.1 Å². The highest BCUT2D eigenvalue weighted by atomic mass is 16.4. The summed E-state index contributed by atoms with van der Waals surface area (Å²) in [7, 11) is 0. The monoisotopic (exact) mass is 251 g/mol. The van der Waals surface area contributed by atoms with Gasteiger partial charge < -0.3 is 10.0 Å². The molecule has 3 atom stereocenters. The van der Waals surface area contributed by atoms with Gasteiger partial charge in [-0.25, -0.2) is 0 Å². The Morgan fingerprint density at radius 2 is 2.06 bits per heavy atom. The molecule has 2 aliphatic rings. The zero-order valence-corrected chi connectivity index (χ0v) is 10.7. The number of carbonyl (C=O) groups excluding carboxylic acids is 1. The Kier molecular flexibility index (Phi) is 4.04. The van der Waals surface area contributed by atoms with Crippen LogP contribution in [0.4, 0.5) is 0 Å². The van der Waals surface area contributed by atoms with Gasteiger partial charge in [-0.15, -0.1) is 0 Å². The van der Waals surface area contributed by atoms with Crippen LogP contribution < -0.4 is 0 Å². The fourth-order valence-corrected chi connectivity index (χ4v) is 3.48. The molecule has 4 nitrogen and oxygen atoms in total. The van der Waals surface area contributed by atoms with E-state index in [1.54, 1.807) is 0 Å². The van der Waals surface area contributed by atoms with E-state index in [-0.39, 0.29) is 5.91 Å². The van der Waals surface area contributed by atoms with E-state index in [0.717, 1.165) is 38.8 Å². The average molecular weight is 251 g/mol. The molecule has 0 aromatic carbocycles. The summed E-state index contributed by atoms with van der Waals surface area (Å²) in [6, 6.07) is 0. The number of carboxylic acid groups (broad SMARTS) is 1. The van der Waals surface area contributed by atoms with Crippen molar-refractivity contribution in [2.45, 2.75) is 32.1 Å². The summed E-state index contributed by atoms with van der Waals surface area (Å²) in [5.41, 5.74) is 0. The number of hydrogen-bond acceptors (Lipinski definition) is 2. The van der Waals surface area contributed by atoms with E-state index >= 15 is 0 Å². The number of carboxylic acids is 1. The Morgan fingerprint density at radius 1 is 1.28 bits per heavy atom. The lowest BCUT2D eigenvalue weighted by atomic mass is 9.70. The van der Waals surface area contributed by atoms with E-state index in [4.69, 9.17) is 5.11 Å². The van der Waals surface area contributed by atoms with Crippen molar-refractivity contribution in [2.24, 2.45) is 17.8 Å². The Labute approximate surface area is 108 Å². The summed E-state index contributed by atoms with van der Waals surface area (Å²) in [5.74, 6) is 0.855. The maximum atomic E-state index is 11.6. The second-order valence-electron chi connectivity index (χ2n) is 5.57. The lowest BCUT2D eigenvalue weighted by Crippen LogP contribution is -2.45. The summed E-state index contributed by atoms with van der Waals surface area (Å²) in [6.45, 7) is 5.15. The lowest BCUT2D eigenvalue weighted by Gasteiger charge is -2.43. The predicted molar refractivity (Wildman–Crippen MR) is 68.0 cm³/mol. The van der Waals surface area contributed by atoms with E-state index < -0.39 is 5.97 Å². The highest BCUT2D eigenvalue weighted by Gasteiger charge is 2.36. The highest BCUT2D eigenvalue weighted by Crippen LogP contribution is 2.40. The molecule has 1 N–H and O–H groups in total. The van der Waals surface area contributed by atoms with Gasteiger partial charge in [0, 0.05) is 19.5 Å². The molecule has 0 radical (unpaired) electrons. The summed E-state index contributed by atoms with van der Waals surface area (Å²) >= 11 is 0. The number of aliphatic carboxylic acids is 1. The van der Waals surface area contributed by atoms with Gasteiger partial charge in [-0.05, 0) is 49.5 Å². The molecular weight excluding hydrogens is 230 g/mol. The van der Waals surface area contributed by atoms with Crippen molar-refractivity contribution in [1.29, 1.82) is 0 Å². The van der Waals surface area contributed by atoms with Gasteiger partial charge in [-0.1, -0.05) is 6.58 Å². The number of amides is 1. The molecule has 1 aliphatic carbocycles. The third-order valence-corrected chi connectivity index (χ3v) is 4.42. The van der Waals surface area contributed by atoms with Crippen LogP contribution in [0.5, 0.6) is 0 Å². The summed E-state index contributed by atoms with van der Waals surface area (Å²) < 4.78 is 0. The van der Waals surface area contributed by atoms with E-state index in [9.17, 15) is 9.59 Å². The quantitative estimate of drug-likeness (QED) is 0.779. The van der Waals surface area contributed by atoms with Crippen molar-refractivity contribution < 1.29 is 14.7 Å². The smallest absolute Gasteiger partial charge is 0.303 e. The van der Waals surface area contributed by atoms with Crippen molar-refractivity contribution in [3.8, 4) is 0 Å². The maximum absolute atomic E-state index is 11.6. The molecule has 3 unspecified atom stereocenters. The van der Waals surface area contributed by atoms with Crippen molar-refractivity contribution in [1.82, 2.24) is 4.90 Å². The molecule has 1 saturated carbocycles. The number of carbonyl (C=O) groups is 2. The predicted octanol–water partition coefficient (Wildman–Crippen LogP) is 1.91.